The minimum Gasteiger partial charge on any atom is -0.305 e. The van der Waals surface area contributed by atoms with Gasteiger partial charge in [-0.2, -0.15) is 0 Å². The normalized spacial score (nSPS) is 18.6. The van der Waals surface area contributed by atoms with Gasteiger partial charge in [0, 0.05) is 22.6 Å². The Morgan fingerprint density at radius 3 is 2.81 bits per heavy atom. The second kappa shape index (κ2) is 4.63. The molecule has 0 fully saturated rings. The monoisotopic (exact) mass is 287 g/mol. The molecule has 1 atom stereocenters. The highest BCUT2D eigenvalue weighted by molar-refractivity contribution is 9.11. The van der Waals surface area contributed by atoms with Crippen LogP contribution in [0, 0.1) is 11.6 Å². The Bertz CT molecular complexity index is 431. The third kappa shape index (κ3) is 2.18. The first-order valence-corrected chi connectivity index (χ1v) is 5.92. The van der Waals surface area contributed by atoms with Gasteiger partial charge in [-0.3, -0.25) is 0 Å². The van der Waals surface area contributed by atoms with Gasteiger partial charge in [0.2, 0.25) is 0 Å². The van der Waals surface area contributed by atoms with Crippen LogP contribution in [-0.4, -0.2) is 6.54 Å². The van der Waals surface area contributed by atoms with Crippen molar-refractivity contribution in [1.29, 1.82) is 0 Å². The van der Waals surface area contributed by atoms with Crippen LogP contribution in [0.2, 0.25) is 0 Å². The molecule has 0 aromatic heterocycles. The molecule has 1 aromatic carbocycles. The maximum Gasteiger partial charge on any atom is 0.128 e. The molecule has 0 amide bonds. The van der Waals surface area contributed by atoms with Crippen molar-refractivity contribution in [3.63, 3.8) is 0 Å². The summed E-state index contributed by atoms with van der Waals surface area (Å²) in [7, 11) is 0. The molecule has 1 N–H and O–H groups in total. The maximum absolute atomic E-state index is 13.6. The SMILES string of the molecule is C=C(Br)CNC1CCc2c(F)ccc(F)c21. The van der Waals surface area contributed by atoms with E-state index in [1.54, 1.807) is 0 Å². The molecule has 0 heterocycles. The van der Waals surface area contributed by atoms with E-state index in [-0.39, 0.29) is 17.7 Å². The highest BCUT2D eigenvalue weighted by Crippen LogP contribution is 2.34. The largest absolute Gasteiger partial charge is 0.305 e. The molecule has 86 valence electrons. The van der Waals surface area contributed by atoms with Gasteiger partial charge in [0.25, 0.3) is 0 Å². The van der Waals surface area contributed by atoms with Crippen molar-refractivity contribution >= 4 is 15.9 Å². The molecule has 2 rings (SSSR count). The summed E-state index contributed by atoms with van der Waals surface area (Å²) < 4.78 is 27.8. The molecular formula is C12H12BrF2N. The van der Waals surface area contributed by atoms with Gasteiger partial charge in [-0.05, 0) is 30.5 Å². The standard InChI is InChI=1S/C12H12BrF2N/c1-7(13)6-16-11-5-2-8-9(14)3-4-10(15)12(8)11/h3-4,11,16H,1-2,5-6H2. The van der Waals surface area contributed by atoms with Gasteiger partial charge >= 0.3 is 0 Å². The Labute approximate surface area is 102 Å². The second-order valence-electron chi connectivity index (χ2n) is 3.91. The summed E-state index contributed by atoms with van der Waals surface area (Å²) in [6, 6.07) is 2.27. The van der Waals surface area contributed by atoms with Crippen LogP contribution in [0.4, 0.5) is 8.78 Å². The fourth-order valence-electron chi connectivity index (χ4n) is 2.11. The lowest BCUT2D eigenvalue weighted by atomic mass is 10.1. The molecule has 0 bridgehead atoms. The number of rotatable bonds is 3. The molecule has 0 saturated carbocycles. The third-order valence-corrected chi connectivity index (χ3v) is 3.10. The van der Waals surface area contributed by atoms with Gasteiger partial charge in [0.1, 0.15) is 11.6 Å². The van der Waals surface area contributed by atoms with E-state index in [1.807, 2.05) is 0 Å². The van der Waals surface area contributed by atoms with Crippen molar-refractivity contribution in [2.75, 3.05) is 6.54 Å². The van der Waals surface area contributed by atoms with Crippen LogP contribution in [0.3, 0.4) is 0 Å². The molecule has 1 aromatic rings. The molecule has 0 aliphatic heterocycles. The zero-order valence-corrected chi connectivity index (χ0v) is 10.3. The Morgan fingerprint density at radius 1 is 1.44 bits per heavy atom. The number of hydrogen-bond donors (Lipinski definition) is 1. The maximum atomic E-state index is 13.6. The van der Waals surface area contributed by atoms with Crippen LogP contribution >= 0.6 is 15.9 Å². The van der Waals surface area contributed by atoms with Gasteiger partial charge in [-0.15, -0.1) is 0 Å². The number of nitrogens with one attached hydrogen (secondary N) is 1. The zero-order chi connectivity index (χ0) is 11.7. The van der Waals surface area contributed by atoms with Crippen LogP contribution in [0.5, 0.6) is 0 Å². The predicted molar refractivity (Wildman–Crippen MR) is 63.5 cm³/mol. The summed E-state index contributed by atoms with van der Waals surface area (Å²) in [6.07, 6.45) is 1.32. The van der Waals surface area contributed by atoms with E-state index < -0.39 is 0 Å². The Balaban J connectivity index is 2.25. The summed E-state index contributed by atoms with van der Waals surface area (Å²) >= 11 is 3.23. The average molecular weight is 288 g/mol. The number of fused-ring (bicyclic) bond motifs is 1. The summed E-state index contributed by atoms with van der Waals surface area (Å²) in [5, 5.41) is 3.15. The van der Waals surface area contributed by atoms with Crippen LogP contribution in [-0.2, 0) is 6.42 Å². The van der Waals surface area contributed by atoms with Crippen molar-refractivity contribution in [3.8, 4) is 0 Å². The van der Waals surface area contributed by atoms with Gasteiger partial charge in [-0.25, -0.2) is 8.78 Å². The van der Waals surface area contributed by atoms with E-state index >= 15 is 0 Å². The molecule has 0 spiro atoms. The van der Waals surface area contributed by atoms with Crippen molar-refractivity contribution < 1.29 is 8.78 Å². The molecular weight excluding hydrogens is 276 g/mol. The van der Waals surface area contributed by atoms with Gasteiger partial charge in [-0.1, -0.05) is 22.5 Å². The van der Waals surface area contributed by atoms with Gasteiger partial charge in [0.05, 0.1) is 0 Å². The van der Waals surface area contributed by atoms with E-state index in [0.717, 1.165) is 10.9 Å². The Hall–Kier alpha value is -0.740. The van der Waals surface area contributed by atoms with Gasteiger partial charge < -0.3 is 5.32 Å². The Morgan fingerprint density at radius 2 is 2.12 bits per heavy atom. The van der Waals surface area contributed by atoms with E-state index in [4.69, 9.17) is 0 Å². The summed E-state index contributed by atoms with van der Waals surface area (Å²) in [6.45, 7) is 4.25. The summed E-state index contributed by atoms with van der Waals surface area (Å²) in [5.41, 5.74) is 0.992. The fraction of sp³-hybridized carbons (Fsp3) is 0.333. The molecule has 4 heteroatoms. The molecule has 1 aliphatic rings. The molecule has 1 unspecified atom stereocenters. The molecule has 1 nitrogen and oxygen atoms in total. The first-order valence-electron chi connectivity index (χ1n) is 5.13. The van der Waals surface area contributed by atoms with E-state index in [0.29, 0.717) is 24.1 Å². The lowest BCUT2D eigenvalue weighted by Gasteiger charge is -2.14. The third-order valence-electron chi connectivity index (χ3n) is 2.82. The van der Waals surface area contributed by atoms with Crippen LogP contribution in [0.1, 0.15) is 23.6 Å². The van der Waals surface area contributed by atoms with Crippen molar-refractivity contribution in [2.24, 2.45) is 0 Å². The fourth-order valence-corrected chi connectivity index (χ4v) is 2.27. The lowest BCUT2D eigenvalue weighted by Crippen LogP contribution is -2.21. The predicted octanol–water partition coefficient (Wildman–Crippen LogP) is 3.45. The molecule has 0 radical (unpaired) electrons. The topological polar surface area (TPSA) is 12.0 Å². The molecule has 16 heavy (non-hydrogen) atoms. The van der Waals surface area contributed by atoms with Crippen molar-refractivity contribution in [2.45, 2.75) is 18.9 Å². The quantitative estimate of drug-likeness (QED) is 0.898. The molecule has 0 saturated heterocycles. The van der Waals surface area contributed by atoms with E-state index in [9.17, 15) is 8.78 Å². The van der Waals surface area contributed by atoms with E-state index in [2.05, 4.69) is 27.8 Å². The van der Waals surface area contributed by atoms with Crippen LogP contribution in [0.15, 0.2) is 23.2 Å². The summed E-state index contributed by atoms with van der Waals surface area (Å²) in [5.74, 6) is -0.634. The summed E-state index contributed by atoms with van der Waals surface area (Å²) in [4.78, 5) is 0. The highest BCUT2D eigenvalue weighted by Gasteiger charge is 2.27. The Kier molecular flexibility index (Phi) is 3.40. The first kappa shape index (κ1) is 11.7. The zero-order valence-electron chi connectivity index (χ0n) is 8.69. The van der Waals surface area contributed by atoms with Crippen LogP contribution in [0.25, 0.3) is 0 Å². The first-order chi connectivity index (χ1) is 7.59. The van der Waals surface area contributed by atoms with Gasteiger partial charge in [0.15, 0.2) is 0 Å². The highest BCUT2D eigenvalue weighted by atomic mass is 79.9. The number of halogens is 3. The van der Waals surface area contributed by atoms with Crippen molar-refractivity contribution in [1.82, 2.24) is 5.32 Å². The molecule has 1 aliphatic carbocycles. The smallest absolute Gasteiger partial charge is 0.128 e. The van der Waals surface area contributed by atoms with Crippen molar-refractivity contribution in [3.05, 3.63) is 46.0 Å². The second-order valence-corrected chi connectivity index (χ2v) is 5.03. The average Bonchev–Trinajstić information content (AvgIpc) is 2.65. The minimum absolute atomic E-state index is 0.111. The minimum atomic E-state index is -0.327. The lowest BCUT2D eigenvalue weighted by molar-refractivity contribution is 0.524. The van der Waals surface area contributed by atoms with E-state index in [1.165, 1.54) is 12.1 Å². The number of hydrogen-bond acceptors (Lipinski definition) is 1. The van der Waals surface area contributed by atoms with Crippen LogP contribution < -0.4 is 5.32 Å². The number of benzene rings is 1.